The van der Waals surface area contributed by atoms with Crippen molar-refractivity contribution in [2.45, 2.75) is 25.8 Å². The molecule has 4 heteroatoms. The molecular weight excluding hydrogens is 162 g/mol. The number of carbonyl (C=O) groups is 2. The van der Waals surface area contributed by atoms with E-state index in [2.05, 4.69) is 0 Å². The molecule has 1 unspecified atom stereocenters. The minimum Gasteiger partial charge on any atom is -0.327 e. The average Bonchev–Trinajstić information content (AvgIpc) is 1.85. The first-order valence-corrected chi connectivity index (χ1v) is 4.60. The minimum absolute atomic E-state index is 0.0337. The summed E-state index contributed by atoms with van der Waals surface area (Å²) >= 11 is 1.15. The zero-order valence-corrected chi connectivity index (χ0v) is 7.61. The first-order valence-electron chi connectivity index (χ1n) is 3.38. The van der Waals surface area contributed by atoms with Crippen molar-refractivity contribution in [2.75, 3.05) is 6.26 Å². The van der Waals surface area contributed by atoms with Crippen LogP contribution >= 0.6 is 11.8 Å². The second-order valence-electron chi connectivity index (χ2n) is 2.45. The summed E-state index contributed by atoms with van der Waals surface area (Å²) in [6.07, 6.45) is 2.30. The highest BCUT2D eigenvalue weighted by atomic mass is 32.2. The Hall–Kier alpha value is -0.350. The number of rotatable bonds is 4. The quantitative estimate of drug-likeness (QED) is 0.678. The molecule has 0 aromatic rings. The molecular formula is C7H13NO2S. The molecule has 0 bridgehead atoms. The van der Waals surface area contributed by atoms with Gasteiger partial charge in [-0.05, 0) is 13.2 Å². The summed E-state index contributed by atoms with van der Waals surface area (Å²) in [4.78, 5) is 21.3. The molecule has 0 fully saturated rings. The summed E-state index contributed by atoms with van der Waals surface area (Å²) in [7, 11) is 0. The predicted molar refractivity (Wildman–Crippen MR) is 46.4 cm³/mol. The molecule has 64 valence electrons. The predicted octanol–water partition coefficient (Wildman–Crippen LogP) is 0.573. The summed E-state index contributed by atoms with van der Waals surface area (Å²) in [5.41, 5.74) is 5.50. The summed E-state index contributed by atoms with van der Waals surface area (Å²) < 4.78 is 0. The van der Waals surface area contributed by atoms with E-state index in [0.717, 1.165) is 11.8 Å². The maximum atomic E-state index is 10.8. The van der Waals surface area contributed by atoms with Gasteiger partial charge in [0.2, 0.25) is 0 Å². The summed E-state index contributed by atoms with van der Waals surface area (Å²) in [6.45, 7) is 1.48. The number of ketones is 1. The maximum absolute atomic E-state index is 10.8. The summed E-state index contributed by atoms with van der Waals surface area (Å²) in [5.74, 6) is 0.0337. The van der Waals surface area contributed by atoms with Crippen LogP contribution < -0.4 is 5.73 Å². The lowest BCUT2D eigenvalue weighted by molar-refractivity contribution is -0.117. The van der Waals surface area contributed by atoms with Gasteiger partial charge in [-0.15, -0.1) is 0 Å². The molecule has 0 radical (unpaired) electrons. The van der Waals surface area contributed by atoms with Crippen LogP contribution in [0.5, 0.6) is 0 Å². The van der Waals surface area contributed by atoms with E-state index < -0.39 is 0 Å². The molecule has 0 amide bonds. The first-order chi connectivity index (χ1) is 5.06. The maximum Gasteiger partial charge on any atom is 0.190 e. The molecule has 0 rings (SSSR count). The van der Waals surface area contributed by atoms with Crippen molar-refractivity contribution < 1.29 is 9.59 Å². The van der Waals surface area contributed by atoms with Crippen LogP contribution in [0.25, 0.3) is 0 Å². The van der Waals surface area contributed by atoms with Crippen LogP contribution in [0.4, 0.5) is 0 Å². The van der Waals surface area contributed by atoms with Crippen LogP contribution in [0.3, 0.4) is 0 Å². The number of carbonyl (C=O) groups excluding carboxylic acids is 2. The third-order valence-electron chi connectivity index (χ3n) is 1.21. The van der Waals surface area contributed by atoms with E-state index in [1.807, 2.05) is 0 Å². The normalized spacial score (nSPS) is 12.6. The lowest BCUT2D eigenvalue weighted by Gasteiger charge is -2.05. The van der Waals surface area contributed by atoms with Gasteiger partial charge in [-0.1, -0.05) is 11.8 Å². The molecule has 11 heavy (non-hydrogen) atoms. The van der Waals surface area contributed by atoms with E-state index >= 15 is 0 Å². The van der Waals surface area contributed by atoms with Crippen molar-refractivity contribution >= 4 is 22.7 Å². The van der Waals surface area contributed by atoms with Crippen LogP contribution in [0.15, 0.2) is 0 Å². The van der Waals surface area contributed by atoms with Crippen LogP contribution in [-0.2, 0) is 9.59 Å². The Morgan fingerprint density at radius 2 is 2.00 bits per heavy atom. The van der Waals surface area contributed by atoms with Crippen molar-refractivity contribution in [3.63, 3.8) is 0 Å². The largest absolute Gasteiger partial charge is 0.327 e. The zero-order valence-electron chi connectivity index (χ0n) is 6.79. The molecule has 0 saturated heterocycles. The van der Waals surface area contributed by atoms with Crippen LogP contribution in [0.2, 0.25) is 0 Å². The average molecular weight is 175 g/mol. The third kappa shape index (κ3) is 6.06. The van der Waals surface area contributed by atoms with E-state index in [-0.39, 0.29) is 16.9 Å². The van der Waals surface area contributed by atoms with Gasteiger partial charge in [-0.25, -0.2) is 0 Å². The molecule has 0 spiro atoms. The number of hydrogen-bond donors (Lipinski definition) is 1. The number of thioether (sulfide) groups is 1. The minimum atomic E-state index is -0.299. The van der Waals surface area contributed by atoms with Gasteiger partial charge in [0, 0.05) is 18.9 Å². The van der Waals surface area contributed by atoms with Gasteiger partial charge in [0.1, 0.15) is 5.78 Å². The highest BCUT2D eigenvalue weighted by Gasteiger charge is 2.09. The summed E-state index contributed by atoms with van der Waals surface area (Å²) in [6, 6.07) is -0.299. The molecule has 0 aromatic carbocycles. The van der Waals surface area contributed by atoms with Gasteiger partial charge in [0.15, 0.2) is 5.12 Å². The SMILES string of the molecule is CSC(=O)CC(N)CC(C)=O. The Kier molecular flexibility index (Phi) is 5.15. The van der Waals surface area contributed by atoms with Gasteiger partial charge in [0.25, 0.3) is 0 Å². The smallest absolute Gasteiger partial charge is 0.190 e. The van der Waals surface area contributed by atoms with Crippen LogP contribution in [0, 0.1) is 0 Å². The fourth-order valence-electron chi connectivity index (χ4n) is 0.739. The van der Waals surface area contributed by atoms with E-state index in [4.69, 9.17) is 5.73 Å². The van der Waals surface area contributed by atoms with E-state index in [0.29, 0.717) is 12.8 Å². The lowest BCUT2D eigenvalue weighted by atomic mass is 10.1. The molecule has 1 atom stereocenters. The Balaban J connectivity index is 3.60. The van der Waals surface area contributed by atoms with E-state index in [1.165, 1.54) is 6.92 Å². The van der Waals surface area contributed by atoms with E-state index in [1.54, 1.807) is 6.26 Å². The fraction of sp³-hybridized carbons (Fsp3) is 0.714. The van der Waals surface area contributed by atoms with Gasteiger partial charge < -0.3 is 5.73 Å². The molecule has 0 aliphatic rings. The first kappa shape index (κ1) is 10.7. The highest BCUT2D eigenvalue weighted by molar-refractivity contribution is 8.13. The standard InChI is InChI=1S/C7H13NO2S/c1-5(9)3-6(8)4-7(10)11-2/h6H,3-4,8H2,1-2H3. The molecule has 0 aliphatic heterocycles. The van der Waals surface area contributed by atoms with Gasteiger partial charge in [-0.3, -0.25) is 9.59 Å². The van der Waals surface area contributed by atoms with Crippen molar-refractivity contribution in [3.8, 4) is 0 Å². The van der Waals surface area contributed by atoms with Gasteiger partial charge in [0.05, 0.1) is 0 Å². The van der Waals surface area contributed by atoms with Crippen LogP contribution in [-0.4, -0.2) is 23.2 Å². The second kappa shape index (κ2) is 5.32. The number of Topliss-reactive ketones (excluding diaryl/α,β-unsaturated/α-hetero) is 1. The lowest BCUT2D eigenvalue weighted by Crippen LogP contribution is -2.25. The second-order valence-corrected chi connectivity index (χ2v) is 3.31. The van der Waals surface area contributed by atoms with Gasteiger partial charge in [-0.2, -0.15) is 0 Å². The topological polar surface area (TPSA) is 60.2 Å². The van der Waals surface area contributed by atoms with Gasteiger partial charge >= 0.3 is 0 Å². The Bertz CT molecular complexity index is 159. The summed E-state index contributed by atoms with van der Waals surface area (Å²) in [5, 5.41) is 0.0405. The Labute approximate surface area is 70.7 Å². The third-order valence-corrected chi connectivity index (χ3v) is 1.83. The van der Waals surface area contributed by atoms with Crippen molar-refractivity contribution in [3.05, 3.63) is 0 Å². The van der Waals surface area contributed by atoms with Crippen LogP contribution in [0.1, 0.15) is 19.8 Å². The molecule has 0 heterocycles. The van der Waals surface area contributed by atoms with Crippen molar-refractivity contribution in [1.29, 1.82) is 0 Å². The molecule has 0 aromatic heterocycles. The van der Waals surface area contributed by atoms with Crippen molar-refractivity contribution in [2.24, 2.45) is 5.73 Å². The highest BCUT2D eigenvalue weighted by Crippen LogP contribution is 2.04. The fourth-order valence-corrected chi connectivity index (χ4v) is 1.12. The Morgan fingerprint density at radius 1 is 1.45 bits per heavy atom. The number of nitrogens with two attached hydrogens (primary N) is 1. The van der Waals surface area contributed by atoms with Crippen molar-refractivity contribution in [1.82, 2.24) is 0 Å². The number of hydrogen-bond acceptors (Lipinski definition) is 4. The molecule has 0 aliphatic carbocycles. The molecule has 3 nitrogen and oxygen atoms in total. The van der Waals surface area contributed by atoms with E-state index in [9.17, 15) is 9.59 Å². The molecule has 2 N–H and O–H groups in total. The Morgan fingerprint density at radius 3 is 2.36 bits per heavy atom. The molecule has 0 saturated carbocycles. The monoisotopic (exact) mass is 175 g/mol. The zero-order chi connectivity index (χ0) is 8.85.